The molecule has 0 spiro atoms. The lowest BCUT2D eigenvalue weighted by molar-refractivity contribution is 0.185. The van der Waals surface area contributed by atoms with Crippen LogP contribution >= 0.6 is 0 Å². The summed E-state index contributed by atoms with van der Waals surface area (Å²) >= 11 is 0. The first-order valence-electron chi connectivity index (χ1n) is 5.80. The standard InChI is InChI=1S/C9H19N.C3H8/c1-8(2)9-4-6-10(3)7-5-9;1-3-2/h8-9H,4-7H2,1-3H3;3H2,1-2H3. The monoisotopic (exact) mass is 185 g/mol. The predicted molar refractivity (Wildman–Crippen MR) is 61.0 cm³/mol. The first-order valence-corrected chi connectivity index (χ1v) is 5.80. The van der Waals surface area contributed by atoms with Gasteiger partial charge in [-0.25, -0.2) is 0 Å². The largest absolute Gasteiger partial charge is 0.306 e. The van der Waals surface area contributed by atoms with Gasteiger partial charge in [0, 0.05) is 0 Å². The number of rotatable bonds is 1. The van der Waals surface area contributed by atoms with Crippen molar-refractivity contribution in [1.82, 2.24) is 4.90 Å². The van der Waals surface area contributed by atoms with Gasteiger partial charge < -0.3 is 4.90 Å². The van der Waals surface area contributed by atoms with Crippen LogP contribution in [-0.4, -0.2) is 25.0 Å². The summed E-state index contributed by atoms with van der Waals surface area (Å²) in [6.45, 7) is 11.6. The van der Waals surface area contributed by atoms with Crippen LogP contribution in [0.4, 0.5) is 0 Å². The lowest BCUT2D eigenvalue weighted by Gasteiger charge is -2.31. The van der Waals surface area contributed by atoms with E-state index >= 15 is 0 Å². The first-order chi connectivity index (χ1) is 6.11. The van der Waals surface area contributed by atoms with Gasteiger partial charge in [0.1, 0.15) is 0 Å². The Bertz CT molecular complexity index is 102. The van der Waals surface area contributed by atoms with Crippen LogP contribution in [0.1, 0.15) is 47.0 Å². The Labute approximate surface area is 84.5 Å². The molecule has 1 saturated heterocycles. The van der Waals surface area contributed by atoms with Crippen molar-refractivity contribution in [2.24, 2.45) is 11.8 Å². The third-order valence-electron chi connectivity index (χ3n) is 2.71. The Morgan fingerprint density at radius 2 is 1.54 bits per heavy atom. The summed E-state index contributed by atoms with van der Waals surface area (Å²) in [7, 11) is 2.22. The summed E-state index contributed by atoms with van der Waals surface area (Å²) in [5.41, 5.74) is 0. The maximum atomic E-state index is 2.43. The predicted octanol–water partition coefficient (Wildman–Crippen LogP) is 3.40. The Hall–Kier alpha value is -0.0400. The third-order valence-corrected chi connectivity index (χ3v) is 2.71. The van der Waals surface area contributed by atoms with E-state index in [9.17, 15) is 0 Å². The minimum atomic E-state index is 0.897. The van der Waals surface area contributed by atoms with Gasteiger partial charge in [-0.05, 0) is 44.8 Å². The zero-order chi connectivity index (χ0) is 10.3. The lowest BCUT2D eigenvalue weighted by Crippen LogP contribution is -2.32. The minimum absolute atomic E-state index is 0.897. The molecule has 0 unspecified atom stereocenters. The zero-order valence-corrected chi connectivity index (χ0v) is 10.1. The quantitative estimate of drug-likeness (QED) is 0.605. The number of piperidine rings is 1. The normalized spacial score (nSPS) is 19.8. The molecule has 0 atom stereocenters. The topological polar surface area (TPSA) is 3.24 Å². The van der Waals surface area contributed by atoms with Gasteiger partial charge in [0.05, 0.1) is 0 Å². The highest BCUT2D eigenvalue weighted by Gasteiger charge is 2.18. The maximum Gasteiger partial charge on any atom is -0.00190 e. The van der Waals surface area contributed by atoms with Gasteiger partial charge in [-0.1, -0.05) is 34.1 Å². The van der Waals surface area contributed by atoms with Crippen LogP contribution in [0, 0.1) is 11.8 Å². The molecule has 0 aromatic carbocycles. The van der Waals surface area contributed by atoms with Crippen molar-refractivity contribution in [3.05, 3.63) is 0 Å². The number of hydrogen-bond donors (Lipinski definition) is 0. The molecule has 0 saturated carbocycles. The molecule has 0 radical (unpaired) electrons. The summed E-state index contributed by atoms with van der Waals surface area (Å²) in [4.78, 5) is 2.43. The van der Waals surface area contributed by atoms with Crippen LogP contribution in [0.3, 0.4) is 0 Å². The van der Waals surface area contributed by atoms with Crippen LogP contribution < -0.4 is 0 Å². The van der Waals surface area contributed by atoms with Crippen molar-refractivity contribution in [2.45, 2.75) is 47.0 Å². The molecule has 1 aliphatic heterocycles. The highest BCUT2D eigenvalue weighted by atomic mass is 15.1. The van der Waals surface area contributed by atoms with E-state index in [1.807, 2.05) is 0 Å². The molecule has 0 N–H and O–H groups in total. The first kappa shape index (κ1) is 13.0. The summed E-state index contributed by atoms with van der Waals surface area (Å²) in [5, 5.41) is 0. The van der Waals surface area contributed by atoms with Crippen molar-refractivity contribution in [1.29, 1.82) is 0 Å². The van der Waals surface area contributed by atoms with Crippen LogP contribution in [0.15, 0.2) is 0 Å². The molecule has 80 valence electrons. The Kier molecular flexibility index (Phi) is 7.35. The Balaban J connectivity index is 0.000000424. The van der Waals surface area contributed by atoms with Gasteiger partial charge in [-0.2, -0.15) is 0 Å². The van der Waals surface area contributed by atoms with Crippen LogP contribution in [0.5, 0.6) is 0 Å². The molecule has 0 aliphatic carbocycles. The van der Waals surface area contributed by atoms with Gasteiger partial charge in [0.25, 0.3) is 0 Å². The van der Waals surface area contributed by atoms with Crippen molar-refractivity contribution in [3.8, 4) is 0 Å². The number of likely N-dealkylation sites (tertiary alicyclic amines) is 1. The second kappa shape index (κ2) is 7.37. The molecule has 0 bridgehead atoms. The maximum absolute atomic E-state index is 2.43. The smallest absolute Gasteiger partial charge is 0.00190 e. The molecule has 1 rings (SSSR count). The average Bonchev–Trinajstić information content (AvgIpc) is 2.06. The van der Waals surface area contributed by atoms with E-state index < -0.39 is 0 Å². The molecule has 1 fully saturated rings. The number of hydrogen-bond acceptors (Lipinski definition) is 1. The van der Waals surface area contributed by atoms with Gasteiger partial charge in [0.15, 0.2) is 0 Å². The fraction of sp³-hybridized carbons (Fsp3) is 1.00. The molecule has 0 aromatic rings. The molecular formula is C12H27N. The van der Waals surface area contributed by atoms with Crippen molar-refractivity contribution >= 4 is 0 Å². The van der Waals surface area contributed by atoms with E-state index in [4.69, 9.17) is 0 Å². The van der Waals surface area contributed by atoms with Gasteiger partial charge in [0.2, 0.25) is 0 Å². The zero-order valence-electron chi connectivity index (χ0n) is 10.1. The summed E-state index contributed by atoms with van der Waals surface area (Å²) in [5.74, 6) is 1.89. The van der Waals surface area contributed by atoms with E-state index in [1.165, 1.54) is 32.4 Å². The Morgan fingerprint density at radius 3 is 1.85 bits per heavy atom. The highest BCUT2D eigenvalue weighted by Crippen LogP contribution is 2.23. The van der Waals surface area contributed by atoms with Gasteiger partial charge in [-0.15, -0.1) is 0 Å². The molecule has 13 heavy (non-hydrogen) atoms. The Morgan fingerprint density at radius 1 is 1.15 bits per heavy atom. The van der Waals surface area contributed by atoms with Crippen molar-refractivity contribution < 1.29 is 0 Å². The van der Waals surface area contributed by atoms with E-state index in [-0.39, 0.29) is 0 Å². The number of nitrogens with zero attached hydrogens (tertiary/aromatic N) is 1. The summed E-state index contributed by atoms with van der Waals surface area (Å²) < 4.78 is 0. The summed E-state index contributed by atoms with van der Waals surface area (Å²) in [6.07, 6.45) is 4.07. The van der Waals surface area contributed by atoms with Crippen LogP contribution in [-0.2, 0) is 0 Å². The molecule has 1 nitrogen and oxygen atoms in total. The van der Waals surface area contributed by atoms with E-state index in [2.05, 4.69) is 39.6 Å². The minimum Gasteiger partial charge on any atom is -0.306 e. The third kappa shape index (κ3) is 6.09. The molecule has 1 heteroatoms. The average molecular weight is 185 g/mol. The molecule has 0 aromatic heterocycles. The van der Waals surface area contributed by atoms with E-state index in [0.29, 0.717) is 0 Å². The van der Waals surface area contributed by atoms with Gasteiger partial charge >= 0.3 is 0 Å². The van der Waals surface area contributed by atoms with Crippen LogP contribution in [0.25, 0.3) is 0 Å². The molecule has 0 amide bonds. The molecular weight excluding hydrogens is 158 g/mol. The summed E-state index contributed by atoms with van der Waals surface area (Å²) in [6, 6.07) is 0. The second-order valence-corrected chi connectivity index (χ2v) is 4.59. The SMILES string of the molecule is CC(C)C1CCN(C)CC1.CCC. The molecule has 1 aliphatic rings. The fourth-order valence-electron chi connectivity index (χ4n) is 1.70. The van der Waals surface area contributed by atoms with E-state index in [0.717, 1.165) is 11.8 Å². The lowest BCUT2D eigenvalue weighted by atomic mass is 9.87. The fourth-order valence-corrected chi connectivity index (χ4v) is 1.70. The van der Waals surface area contributed by atoms with E-state index in [1.54, 1.807) is 0 Å². The second-order valence-electron chi connectivity index (χ2n) is 4.59. The van der Waals surface area contributed by atoms with Crippen LogP contribution in [0.2, 0.25) is 0 Å². The highest BCUT2D eigenvalue weighted by molar-refractivity contribution is 4.71. The van der Waals surface area contributed by atoms with Crippen molar-refractivity contribution in [2.75, 3.05) is 20.1 Å². The van der Waals surface area contributed by atoms with Crippen molar-refractivity contribution in [3.63, 3.8) is 0 Å². The van der Waals surface area contributed by atoms with Gasteiger partial charge in [-0.3, -0.25) is 0 Å². The molecule has 1 heterocycles.